The zero-order valence-electron chi connectivity index (χ0n) is 16.2. The number of nitrogens with one attached hydrogen (secondary N) is 2. The van der Waals surface area contributed by atoms with Crippen LogP contribution in [0.5, 0.6) is 0 Å². The Morgan fingerprint density at radius 2 is 1.92 bits per heavy atom. The summed E-state index contributed by atoms with van der Waals surface area (Å²) in [6, 6.07) is 9.61. The molecule has 1 atom stereocenters. The van der Waals surface area contributed by atoms with Crippen LogP contribution in [0.25, 0.3) is 5.69 Å². The van der Waals surface area contributed by atoms with Crippen LogP contribution in [0.1, 0.15) is 45.2 Å². The third kappa shape index (κ3) is 4.75. The molecule has 1 heterocycles. The fourth-order valence-corrected chi connectivity index (χ4v) is 3.24. The fraction of sp³-hybridized carbons (Fsp3) is 0.500. The van der Waals surface area contributed by atoms with Crippen LogP contribution < -0.4 is 16.2 Å². The van der Waals surface area contributed by atoms with E-state index in [0.717, 1.165) is 24.3 Å². The average molecular weight is 375 g/mol. The van der Waals surface area contributed by atoms with Crippen LogP contribution in [0.4, 0.5) is 5.69 Å². The Bertz CT molecular complexity index is 779. The molecule has 0 aliphatic heterocycles. The monoisotopic (exact) mass is 374 g/mol. The van der Waals surface area contributed by atoms with Gasteiger partial charge in [-0.25, -0.2) is 4.68 Å². The number of aromatic nitrogens is 2. The molecule has 0 aliphatic carbocycles. The highest BCUT2D eigenvalue weighted by atomic mass is 32.1. The van der Waals surface area contributed by atoms with E-state index in [1.54, 1.807) is 4.68 Å². The van der Waals surface area contributed by atoms with Gasteiger partial charge >= 0.3 is 0 Å². The van der Waals surface area contributed by atoms with Crippen LogP contribution in [-0.4, -0.2) is 21.0 Å². The molecule has 0 radical (unpaired) electrons. The van der Waals surface area contributed by atoms with Crippen molar-refractivity contribution in [2.24, 2.45) is 13.0 Å². The Morgan fingerprint density at radius 1 is 1.23 bits per heavy atom. The van der Waals surface area contributed by atoms with Crippen LogP contribution in [0.3, 0.4) is 0 Å². The molecule has 2 N–H and O–H groups in total. The molecular weight excluding hydrogens is 344 g/mol. The van der Waals surface area contributed by atoms with Gasteiger partial charge in [-0.3, -0.25) is 9.48 Å². The van der Waals surface area contributed by atoms with Crippen molar-refractivity contribution < 1.29 is 0 Å². The first-order chi connectivity index (χ1) is 12.5. The lowest BCUT2D eigenvalue weighted by molar-refractivity contribution is 0.446. The van der Waals surface area contributed by atoms with Crippen LogP contribution in [0.2, 0.25) is 0 Å². The summed E-state index contributed by atoms with van der Waals surface area (Å²) >= 11 is 5.42. The van der Waals surface area contributed by atoms with Gasteiger partial charge in [-0.1, -0.05) is 51.3 Å². The maximum atomic E-state index is 12.9. The normalized spacial score (nSPS) is 12.0. The van der Waals surface area contributed by atoms with Gasteiger partial charge in [0, 0.05) is 13.6 Å². The molecule has 2 aromatic rings. The van der Waals surface area contributed by atoms with E-state index in [0.29, 0.717) is 16.7 Å². The van der Waals surface area contributed by atoms with E-state index in [4.69, 9.17) is 12.2 Å². The zero-order chi connectivity index (χ0) is 19.1. The first-order valence-corrected chi connectivity index (χ1v) is 9.79. The summed E-state index contributed by atoms with van der Waals surface area (Å²) in [5.74, 6) is 0.604. The number of para-hydroxylation sites is 1. The van der Waals surface area contributed by atoms with Gasteiger partial charge in [0.2, 0.25) is 0 Å². The molecule has 0 amide bonds. The summed E-state index contributed by atoms with van der Waals surface area (Å²) in [5, 5.41) is 6.89. The van der Waals surface area contributed by atoms with Crippen molar-refractivity contribution in [3.8, 4) is 5.69 Å². The van der Waals surface area contributed by atoms with Gasteiger partial charge in [-0.15, -0.1) is 0 Å². The molecule has 0 saturated carbocycles. The largest absolute Gasteiger partial charge is 0.362 e. The molecule has 0 unspecified atom stereocenters. The Morgan fingerprint density at radius 3 is 2.54 bits per heavy atom. The van der Waals surface area contributed by atoms with Gasteiger partial charge in [0.05, 0.1) is 11.4 Å². The number of hydrogen-bond donors (Lipinski definition) is 2. The fourth-order valence-electron chi connectivity index (χ4n) is 3.05. The Balaban J connectivity index is 2.10. The molecule has 6 heteroatoms. The molecule has 142 valence electrons. The lowest BCUT2D eigenvalue weighted by atomic mass is 9.99. The van der Waals surface area contributed by atoms with Crippen LogP contribution in [0.15, 0.2) is 35.1 Å². The lowest BCUT2D eigenvalue weighted by Crippen LogP contribution is -2.34. The number of hydrogen-bond acceptors (Lipinski definition) is 2. The molecule has 1 aromatic heterocycles. The van der Waals surface area contributed by atoms with Gasteiger partial charge in [0.1, 0.15) is 5.69 Å². The van der Waals surface area contributed by atoms with Crippen molar-refractivity contribution in [2.75, 3.05) is 11.9 Å². The summed E-state index contributed by atoms with van der Waals surface area (Å²) in [7, 11) is 1.88. The number of thiocarbonyl (C=S) groups is 1. The minimum absolute atomic E-state index is 0.0987. The number of rotatable bonds is 8. The van der Waals surface area contributed by atoms with Gasteiger partial charge in [0.25, 0.3) is 5.56 Å². The predicted octanol–water partition coefficient (Wildman–Crippen LogP) is 3.99. The molecule has 26 heavy (non-hydrogen) atoms. The van der Waals surface area contributed by atoms with Gasteiger partial charge in [-0.05, 0) is 43.6 Å². The van der Waals surface area contributed by atoms with E-state index >= 15 is 0 Å². The van der Waals surface area contributed by atoms with E-state index < -0.39 is 0 Å². The molecule has 2 rings (SSSR count). The third-order valence-electron chi connectivity index (χ3n) is 4.89. The molecule has 0 spiro atoms. The minimum atomic E-state index is -0.0987. The van der Waals surface area contributed by atoms with Crippen molar-refractivity contribution in [2.45, 2.75) is 46.5 Å². The molecule has 0 fully saturated rings. The highest BCUT2D eigenvalue weighted by Gasteiger charge is 2.17. The average Bonchev–Trinajstić information content (AvgIpc) is 2.86. The summed E-state index contributed by atoms with van der Waals surface area (Å²) in [6.45, 7) is 7.17. The summed E-state index contributed by atoms with van der Waals surface area (Å²) in [6.07, 6.45) is 4.77. The van der Waals surface area contributed by atoms with Gasteiger partial charge in [-0.2, -0.15) is 0 Å². The quantitative estimate of drug-likeness (QED) is 0.686. The van der Waals surface area contributed by atoms with E-state index in [9.17, 15) is 4.79 Å². The second-order valence-corrected chi connectivity index (χ2v) is 7.10. The molecule has 1 aromatic carbocycles. The molecule has 5 nitrogen and oxygen atoms in total. The van der Waals surface area contributed by atoms with E-state index in [2.05, 4.69) is 24.5 Å². The minimum Gasteiger partial charge on any atom is -0.362 e. The van der Waals surface area contributed by atoms with Crippen molar-refractivity contribution in [3.05, 3.63) is 46.4 Å². The number of unbranched alkanes of at least 4 members (excludes halogenated alkanes) is 1. The molecular formula is C20H30N4OS. The van der Waals surface area contributed by atoms with E-state index in [1.807, 2.05) is 49.0 Å². The highest BCUT2D eigenvalue weighted by Crippen LogP contribution is 2.14. The smallest absolute Gasteiger partial charge is 0.295 e. The van der Waals surface area contributed by atoms with Crippen LogP contribution in [0, 0.1) is 12.8 Å². The molecule has 0 aliphatic rings. The van der Waals surface area contributed by atoms with E-state index in [1.165, 1.54) is 19.3 Å². The topological polar surface area (TPSA) is 51.0 Å². The molecule has 0 saturated heterocycles. The highest BCUT2D eigenvalue weighted by molar-refractivity contribution is 7.80. The Kier molecular flexibility index (Phi) is 7.45. The second-order valence-electron chi connectivity index (χ2n) is 6.69. The van der Waals surface area contributed by atoms with Crippen molar-refractivity contribution in [3.63, 3.8) is 0 Å². The maximum Gasteiger partial charge on any atom is 0.295 e. The van der Waals surface area contributed by atoms with Gasteiger partial charge in [0.15, 0.2) is 5.11 Å². The Hall–Kier alpha value is -2.08. The molecule has 0 bridgehead atoms. The SMILES string of the molecule is CCCC[C@H](CC)CNC(=S)Nc1c(C)n(C)n(-c2ccccc2)c1=O. The maximum absolute atomic E-state index is 12.9. The number of benzene rings is 1. The third-order valence-corrected chi connectivity index (χ3v) is 5.13. The first-order valence-electron chi connectivity index (χ1n) is 9.38. The van der Waals surface area contributed by atoms with Crippen LogP contribution in [-0.2, 0) is 7.05 Å². The van der Waals surface area contributed by atoms with Crippen LogP contribution >= 0.6 is 12.2 Å². The number of anilines is 1. The van der Waals surface area contributed by atoms with Crippen molar-refractivity contribution in [1.82, 2.24) is 14.7 Å². The van der Waals surface area contributed by atoms with Crippen molar-refractivity contribution >= 4 is 23.0 Å². The zero-order valence-corrected chi connectivity index (χ0v) is 17.0. The first kappa shape index (κ1) is 20.2. The standard InChI is InChI=1S/C20H30N4OS/c1-5-7-11-16(6-2)14-21-20(26)22-18-15(3)23(4)24(19(18)25)17-12-9-8-10-13-17/h8-10,12-13,16H,5-7,11,14H2,1-4H3,(H2,21,22,26)/t16-/m0/s1. The Labute approximate surface area is 161 Å². The summed E-state index contributed by atoms with van der Waals surface area (Å²) < 4.78 is 3.50. The summed E-state index contributed by atoms with van der Waals surface area (Å²) in [5.41, 5.74) is 2.11. The summed E-state index contributed by atoms with van der Waals surface area (Å²) in [4.78, 5) is 12.9. The second kappa shape index (κ2) is 9.57. The van der Waals surface area contributed by atoms with Gasteiger partial charge < -0.3 is 10.6 Å². The lowest BCUT2D eigenvalue weighted by Gasteiger charge is -2.17. The van der Waals surface area contributed by atoms with Crippen molar-refractivity contribution in [1.29, 1.82) is 0 Å². The predicted molar refractivity (Wildman–Crippen MR) is 113 cm³/mol. The number of nitrogens with zero attached hydrogens (tertiary/aromatic N) is 2. The van der Waals surface area contributed by atoms with E-state index in [-0.39, 0.29) is 5.56 Å².